The number of pyridine rings is 2. The van der Waals surface area contributed by atoms with Gasteiger partial charge in [-0.2, -0.15) is 13.2 Å². The van der Waals surface area contributed by atoms with Gasteiger partial charge in [0.15, 0.2) is 0 Å². The third kappa shape index (κ3) is 4.45. The van der Waals surface area contributed by atoms with Gasteiger partial charge < -0.3 is 15.4 Å². The Kier molecular flexibility index (Phi) is 5.29. The number of amides is 2. The molecule has 6 rings (SSSR count). The van der Waals surface area contributed by atoms with E-state index in [4.69, 9.17) is 4.74 Å². The summed E-state index contributed by atoms with van der Waals surface area (Å²) in [6, 6.07) is 8.47. The monoisotopic (exact) mass is 474 g/mol. The normalized spacial score (nSPS) is 29.5. The Labute approximate surface area is 194 Å². The Morgan fingerprint density at radius 3 is 2.26 bits per heavy atom. The van der Waals surface area contributed by atoms with Crippen LogP contribution >= 0.6 is 0 Å². The Balaban J connectivity index is 1.31. The number of hydrogen-bond acceptors (Lipinski definition) is 5. The van der Waals surface area contributed by atoms with Crippen molar-refractivity contribution >= 4 is 12.0 Å². The van der Waals surface area contributed by atoms with Crippen LogP contribution < -0.4 is 15.4 Å². The average Bonchev–Trinajstić information content (AvgIpc) is 2.71. The third-order valence-corrected chi connectivity index (χ3v) is 7.14. The van der Waals surface area contributed by atoms with Crippen molar-refractivity contribution in [2.24, 2.45) is 11.8 Å². The molecule has 2 atom stereocenters. The number of aromatic nitrogens is 2. The van der Waals surface area contributed by atoms with Crippen LogP contribution in [0.4, 0.5) is 18.0 Å². The summed E-state index contributed by atoms with van der Waals surface area (Å²) >= 11 is 0. The molecule has 4 aliphatic rings. The molecule has 4 saturated carbocycles. The zero-order valence-corrected chi connectivity index (χ0v) is 18.6. The van der Waals surface area contributed by atoms with Crippen molar-refractivity contribution < 1.29 is 27.5 Å². The molecule has 2 unspecified atom stereocenters. The second-order valence-corrected chi connectivity index (χ2v) is 10.0. The standard InChI is InChI=1S/C24H25F3N4O3/c1-14-4-2-5-17(28-14)20(32)30-22-9-15-8-16(10-22)12-23(11-15,13-22)31-21(33)34-19-7-3-6-18(29-19)24(25,26)27/h2-7,15-16H,8-13H2,1H3,(H,30,32)(H,31,33). The zero-order chi connectivity index (χ0) is 24.1. The van der Waals surface area contributed by atoms with E-state index in [-0.39, 0.29) is 5.91 Å². The number of alkyl halides is 3. The molecule has 2 aromatic rings. The first-order chi connectivity index (χ1) is 16.0. The van der Waals surface area contributed by atoms with Crippen LogP contribution in [0.25, 0.3) is 0 Å². The topological polar surface area (TPSA) is 93.2 Å². The van der Waals surface area contributed by atoms with E-state index in [0.29, 0.717) is 24.0 Å². The molecule has 34 heavy (non-hydrogen) atoms. The molecule has 0 aliphatic heterocycles. The van der Waals surface area contributed by atoms with Crippen LogP contribution in [-0.2, 0) is 6.18 Å². The SMILES string of the molecule is Cc1cccc(C(=O)NC23CC4CC(CC(NC(=O)Oc5cccc(C(F)(F)F)n5)(C4)C2)C3)n1. The number of hydrogen-bond donors (Lipinski definition) is 2. The van der Waals surface area contributed by atoms with Crippen molar-refractivity contribution in [1.29, 1.82) is 0 Å². The maximum Gasteiger partial charge on any atom is 0.433 e. The van der Waals surface area contributed by atoms with E-state index >= 15 is 0 Å². The van der Waals surface area contributed by atoms with Gasteiger partial charge in [0.1, 0.15) is 11.4 Å². The maximum atomic E-state index is 13.0. The number of ether oxygens (including phenoxy) is 1. The van der Waals surface area contributed by atoms with Crippen LogP contribution in [0.15, 0.2) is 36.4 Å². The summed E-state index contributed by atoms with van der Waals surface area (Å²) in [5.74, 6) is 0.0140. The fourth-order valence-electron chi connectivity index (χ4n) is 6.50. The molecule has 0 spiro atoms. The molecule has 10 heteroatoms. The Bertz CT molecular complexity index is 1120. The molecular weight excluding hydrogens is 449 g/mol. The summed E-state index contributed by atoms with van der Waals surface area (Å²) in [6.07, 6.45) is -0.751. The van der Waals surface area contributed by atoms with Gasteiger partial charge in [0.2, 0.25) is 5.88 Å². The summed E-state index contributed by atoms with van der Waals surface area (Å²) in [5, 5.41) is 6.14. The molecule has 2 heterocycles. The van der Waals surface area contributed by atoms with E-state index in [2.05, 4.69) is 20.6 Å². The van der Waals surface area contributed by atoms with Crippen molar-refractivity contribution in [2.75, 3.05) is 0 Å². The minimum absolute atomic E-state index is 0.239. The zero-order valence-electron chi connectivity index (χ0n) is 18.6. The van der Waals surface area contributed by atoms with Crippen molar-refractivity contribution in [2.45, 2.75) is 62.7 Å². The van der Waals surface area contributed by atoms with Crippen LogP contribution in [0, 0.1) is 18.8 Å². The molecule has 4 fully saturated rings. The highest BCUT2D eigenvalue weighted by molar-refractivity contribution is 5.92. The first kappa shape index (κ1) is 22.6. The van der Waals surface area contributed by atoms with Crippen molar-refractivity contribution in [3.8, 4) is 5.88 Å². The molecule has 7 nitrogen and oxygen atoms in total. The molecular formula is C24H25F3N4O3. The van der Waals surface area contributed by atoms with Crippen LogP contribution in [0.3, 0.4) is 0 Å². The Hall–Kier alpha value is -3.17. The van der Waals surface area contributed by atoms with Gasteiger partial charge in [-0.3, -0.25) is 4.79 Å². The smallest absolute Gasteiger partial charge is 0.391 e. The van der Waals surface area contributed by atoms with Gasteiger partial charge >= 0.3 is 12.3 Å². The highest BCUT2D eigenvalue weighted by Gasteiger charge is 2.59. The molecule has 4 bridgehead atoms. The van der Waals surface area contributed by atoms with Crippen molar-refractivity contribution in [3.05, 3.63) is 53.5 Å². The molecule has 2 amide bonds. The summed E-state index contributed by atoms with van der Waals surface area (Å²) in [6.45, 7) is 1.82. The van der Waals surface area contributed by atoms with Gasteiger partial charge in [0.05, 0.1) is 0 Å². The molecule has 2 N–H and O–H groups in total. The number of nitrogens with zero attached hydrogens (tertiary/aromatic N) is 2. The molecule has 180 valence electrons. The summed E-state index contributed by atoms with van der Waals surface area (Å²) < 4.78 is 43.9. The first-order valence-electron chi connectivity index (χ1n) is 11.3. The number of rotatable bonds is 4. The maximum absolute atomic E-state index is 13.0. The van der Waals surface area contributed by atoms with Crippen LogP contribution in [-0.4, -0.2) is 33.0 Å². The number of halogens is 3. The van der Waals surface area contributed by atoms with Gasteiger partial charge in [-0.05, 0) is 75.5 Å². The lowest BCUT2D eigenvalue weighted by Crippen LogP contribution is -2.70. The van der Waals surface area contributed by atoms with E-state index in [0.717, 1.165) is 49.9 Å². The third-order valence-electron chi connectivity index (χ3n) is 7.14. The molecule has 0 radical (unpaired) electrons. The van der Waals surface area contributed by atoms with Gasteiger partial charge in [0, 0.05) is 22.8 Å². The summed E-state index contributed by atoms with van der Waals surface area (Å²) in [7, 11) is 0. The van der Waals surface area contributed by atoms with E-state index in [1.54, 1.807) is 12.1 Å². The summed E-state index contributed by atoms with van der Waals surface area (Å²) in [4.78, 5) is 33.4. The van der Waals surface area contributed by atoms with Gasteiger partial charge in [0.25, 0.3) is 5.91 Å². The van der Waals surface area contributed by atoms with E-state index in [9.17, 15) is 22.8 Å². The summed E-state index contributed by atoms with van der Waals surface area (Å²) in [5.41, 5.74) is -1.07. The second-order valence-electron chi connectivity index (χ2n) is 10.0. The highest BCUT2D eigenvalue weighted by Crippen LogP contribution is 2.57. The van der Waals surface area contributed by atoms with Crippen molar-refractivity contribution in [3.63, 3.8) is 0 Å². The second kappa shape index (κ2) is 7.95. The number of nitrogens with one attached hydrogen (secondary N) is 2. The number of aryl methyl sites for hydroxylation is 1. The van der Waals surface area contributed by atoms with Gasteiger partial charge in [-0.1, -0.05) is 12.1 Å². The minimum atomic E-state index is -4.63. The van der Waals surface area contributed by atoms with Crippen LogP contribution in [0.1, 0.15) is 60.4 Å². The Morgan fingerprint density at radius 1 is 0.971 bits per heavy atom. The lowest BCUT2D eigenvalue weighted by Gasteiger charge is -2.61. The van der Waals surface area contributed by atoms with Gasteiger partial charge in [-0.15, -0.1) is 0 Å². The first-order valence-corrected chi connectivity index (χ1v) is 11.3. The van der Waals surface area contributed by atoms with Crippen LogP contribution in [0.5, 0.6) is 5.88 Å². The van der Waals surface area contributed by atoms with E-state index in [1.807, 2.05) is 13.0 Å². The highest BCUT2D eigenvalue weighted by atomic mass is 19.4. The van der Waals surface area contributed by atoms with E-state index < -0.39 is 34.9 Å². The quantitative estimate of drug-likeness (QED) is 0.685. The molecule has 2 aromatic heterocycles. The van der Waals surface area contributed by atoms with Crippen LogP contribution in [0.2, 0.25) is 0 Å². The van der Waals surface area contributed by atoms with Crippen molar-refractivity contribution in [1.82, 2.24) is 20.6 Å². The Morgan fingerprint density at radius 2 is 1.62 bits per heavy atom. The van der Waals surface area contributed by atoms with Gasteiger partial charge in [-0.25, -0.2) is 14.8 Å². The predicted octanol–water partition coefficient (Wildman–Crippen LogP) is 4.41. The van der Waals surface area contributed by atoms with E-state index in [1.165, 1.54) is 6.07 Å². The number of carbonyl (C=O) groups excluding carboxylic acids is 2. The minimum Gasteiger partial charge on any atom is -0.391 e. The molecule has 0 saturated heterocycles. The lowest BCUT2D eigenvalue weighted by molar-refractivity contribution is -0.141. The fourth-order valence-corrected chi connectivity index (χ4v) is 6.50. The molecule has 4 aliphatic carbocycles. The molecule has 0 aromatic carbocycles. The average molecular weight is 474 g/mol. The fraction of sp³-hybridized carbons (Fsp3) is 0.500. The number of carbonyl (C=O) groups is 2. The lowest BCUT2D eigenvalue weighted by atomic mass is 9.50. The predicted molar refractivity (Wildman–Crippen MR) is 115 cm³/mol. The largest absolute Gasteiger partial charge is 0.433 e.